The SMILES string of the molecule is COCOc1cc(-n2ncc3cc(C4(C)CCN(C(=O)OC(C)(C)C)CC4)ccc32)cc(F)c1F. The van der Waals surface area contributed by atoms with Crippen LogP contribution in [0, 0.1) is 11.6 Å². The number of aromatic nitrogens is 2. The number of methoxy groups -OCH3 is 1. The van der Waals surface area contributed by atoms with Gasteiger partial charge in [0.25, 0.3) is 0 Å². The summed E-state index contributed by atoms with van der Waals surface area (Å²) in [5.74, 6) is -2.35. The van der Waals surface area contributed by atoms with Gasteiger partial charge < -0.3 is 19.1 Å². The number of rotatable bonds is 5. The van der Waals surface area contributed by atoms with E-state index in [-0.39, 0.29) is 24.1 Å². The van der Waals surface area contributed by atoms with Gasteiger partial charge in [0.2, 0.25) is 5.82 Å². The predicted octanol–water partition coefficient (Wildman–Crippen LogP) is 5.58. The van der Waals surface area contributed by atoms with Crippen LogP contribution in [0.2, 0.25) is 0 Å². The number of likely N-dealkylation sites (tertiary alicyclic amines) is 1. The minimum atomic E-state index is -1.07. The molecule has 3 aromatic rings. The summed E-state index contributed by atoms with van der Waals surface area (Å²) in [4.78, 5) is 14.2. The highest BCUT2D eigenvalue weighted by Gasteiger charge is 2.35. The van der Waals surface area contributed by atoms with Crippen molar-refractivity contribution in [3.63, 3.8) is 0 Å². The zero-order chi connectivity index (χ0) is 25.4. The van der Waals surface area contributed by atoms with Crippen LogP contribution in [0.3, 0.4) is 0 Å². The van der Waals surface area contributed by atoms with Crippen molar-refractivity contribution >= 4 is 17.0 Å². The molecule has 35 heavy (non-hydrogen) atoms. The van der Waals surface area contributed by atoms with Gasteiger partial charge in [-0.2, -0.15) is 9.49 Å². The summed E-state index contributed by atoms with van der Waals surface area (Å²) in [7, 11) is 1.40. The zero-order valence-corrected chi connectivity index (χ0v) is 20.7. The predicted molar refractivity (Wildman–Crippen MR) is 128 cm³/mol. The number of halogens is 2. The minimum Gasteiger partial charge on any atom is -0.464 e. The molecule has 1 fully saturated rings. The molecular formula is C26H31F2N3O4. The number of amides is 1. The molecule has 0 unspecified atom stereocenters. The summed E-state index contributed by atoms with van der Waals surface area (Å²) in [6, 6.07) is 8.52. The largest absolute Gasteiger partial charge is 0.464 e. The average Bonchev–Trinajstić information content (AvgIpc) is 3.22. The van der Waals surface area contributed by atoms with Gasteiger partial charge in [0.15, 0.2) is 18.4 Å². The van der Waals surface area contributed by atoms with Crippen molar-refractivity contribution in [1.82, 2.24) is 14.7 Å². The molecule has 0 atom stereocenters. The van der Waals surface area contributed by atoms with Crippen LogP contribution in [0.1, 0.15) is 46.1 Å². The first-order valence-corrected chi connectivity index (χ1v) is 11.6. The first-order valence-electron chi connectivity index (χ1n) is 11.6. The van der Waals surface area contributed by atoms with Gasteiger partial charge >= 0.3 is 6.09 Å². The molecule has 7 nitrogen and oxygen atoms in total. The highest BCUT2D eigenvalue weighted by atomic mass is 19.2. The van der Waals surface area contributed by atoms with Crippen molar-refractivity contribution in [2.24, 2.45) is 0 Å². The molecule has 0 N–H and O–H groups in total. The number of ether oxygens (including phenoxy) is 3. The van der Waals surface area contributed by atoms with Crippen molar-refractivity contribution in [2.45, 2.75) is 51.6 Å². The molecule has 4 rings (SSSR count). The first-order chi connectivity index (χ1) is 16.5. The minimum absolute atomic E-state index is 0.113. The van der Waals surface area contributed by atoms with Crippen LogP contribution in [-0.2, 0) is 14.9 Å². The highest BCUT2D eigenvalue weighted by molar-refractivity contribution is 5.81. The van der Waals surface area contributed by atoms with Gasteiger partial charge in [-0.1, -0.05) is 13.0 Å². The zero-order valence-electron chi connectivity index (χ0n) is 20.7. The van der Waals surface area contributed by atoms with E-state index in [1.165, 1.54) is 13.2 Å². The second kappa shape index (κ2) is 9.45. The van der Waals surface area contributed by atoms with Crippen LogP contribution < -0.4 is 4.74 Å². The van der Waals surface area contributed by atoms with E-state index in [1.54, 1.807) is 15.8 Å². The Morgan fingerprint density at radius 1 is 1.14 bits per heavy atom. The Balaban J connectivity index is 1.56. The molecule has 1 saturated heterocycles. The molecule has 0 radical (unpaired) electrons. The van der Waals surface area contributed by atoms with E-state index in [9.17, 15) is 13.6 Å². The maximum Gasteiger partial charge on any atom is 0.410 e. The molecule has 0 bridgehead atoms. The Labute approximate surface area is 203 Å². The van der Waals surface area contributed by atoms with Gasteiger partial charge in [-0.3, -0.25) is 0 Å². The molecule has 1 aliphatic rings. The molecule has 188 valence electrons. The fraction of sp³-hybridized carbons (Fsp3) is 0.462. The van der Waals surface area contributed by atoms with Crippen molar-refractivity contribution in [2.75, 3.05) is 27.0 Å². The Kier molecular flexibility index (Phi) is 6.73. The van der Waals surface area contributed by atoms with Gasteiger partial charge in [0.1, 0.15) is 5.60 Å². The smallest absolute Gasteiger partial charge is 0.410 e. The maximum atomic E-state index is 14.2. The van der Waals surface area contributed by atoms with Crippen LogP contribution in [0.25, 0.3) is 16.6 Å². The number of piperidine rings is 1. The van der Waals surface area contributed by atoms with Crippen LogP contribution in [0.15, 0.2) is 36.5 Å². The van der Waals surface area contributed by atoms with E-state index in [2.05, 4.69) is 18.1 Å². The summed E-state index contributed by atoms with van der Waals surface area (Å²) in [5.41, 5.74) is 1.61. The Morgan fingerprint density at radius 3 is 2.51 bits per heavy atom. The van der Waals surface area contributed by atoms with Crippen LogP contribution in [-0.4, -0.2) is 53.4 Å². The molecule has 2 aromatic carbocycles. The lowest BCUT2D eigenvalue weighted by atomic mass is 9.74. The maximum absolute atomic E-state index is 14.2. The fourth-order valence-electron chi connectivity index (χ4n) is 4.31. The van der Waals surface area contributed by atoms with E-state index >= 15 is 0 Å². The third kappa shape index (κ3) is 5.24. The summed E-state index contributed by atoms with van der Waals surface area (Å²) in [5, 5.41) is 5.28. The van der Waals surface area contributed by atoms with Gasteiger partial charge in [0.05, 0.1) is 17.4 Å². The summed E-state index contributed by atoms with van der Waals surface area (Å²) in [6.07, 6.45) is 3.02. The fourth-order valence-corrected chi connectivity index (χ4v) is 4.31. The molecule has 1 aromatic heterocycles. The summed E-state index contributed by atoms with van der Waals surface area (Å²) < 4.78 is 45.4. The van der Waals surface area contributed by atoms with Crippen molar-refractivity contribution in [1.29, 1.82) is 0 Å². The number of benzene rings is 2. The number of hydrogen-bond donors (Lipinski definition) is 0. The van der Waals surface area contributed by atoms with Crippen molar-refractivity contribution in [3.05, 3.63) is 53.7 Å². The molecule has 0 aliphatic carbocycles. The molecule has 9 heteroatoms. The Hall–Kier alpha value is -3.20. The third-order valence-electron chi connectivity index (χ3n) is 6.34. The number of carbonyl (C=O) groups excluding carboxylic acids is 1. The van der Waals surface area contributed by atoms with Gasteiger partial charge in [0, 0.05) is 37.7 Å². The van der Waals surface area contributed by atoms with E-state index in [4.69, 9.17) is 14.2 Å². The number of hydrogen-bond acceptors (Lipinski definition) is 5. The van der Waals surface area contributed by atoms with Crippen LogP contribution in [0.5, 0.6) is 5.75 Å². The van der Waals surface area contributed by atoms with Gasteiger partial charge in [-0.15, -0.1) is 0 Å². The van der Waals surface area contributed by atoms with Crippen LogP contribution in [0.4, 0.5) is 13.6 Å². The number of carbonyl (C=O) groups is 1. The third-order valence-corrected chi connectivity index (χ3v) is 6.34. The lowest BCUT2D eigenvalue weighted by Crippen LogP contribution is -2.45. The van der Waals surface area contributed by atoms with E-state index in [1.807, 2.05) is 32.9 Å². The monoisotopic (exact) mass is 487 g/mol. The van der Waals surface area contributed by atoms with Crippen molar-refractivity contribution < 1.29 is 27.8 Å². The quantitative estimate of drug-likeness (QED) is 0.440. The van der Waals surface area contributed by atoms with E-state index in [0.717, 1.165) is 35.4 Å². The standard InChI is InChI=1S/C26H31F2N3O4/c1-25(2,3)35-24(32)30-10-8-26(4,9-11-30)18-6-7-21-17(12-18)15-29-31(21)19-13-20(27)23(28)22(14-19)34-16-33-5/h6-7,12-15H,8-11,16H2,1-5H3. The van der Waals surface area contributed by atoms with Crippen LogP contribution >= 0.6 is 0 Å². The summed E-state index contributed by atoms with van der Waals surface area (Å²) in [6.45, 7) is 8.81. The van der Waals surface area contributed by atoms with Gasteiger partial charge in [-0.25, -0.2) is 13.9 Å². The first kappa shape index (κ1) is 24.9. The molecule has 2 heterocycles. The Bertz CT molecular complexity index is 1230. The summed E-state index contributed by atoms with van der Waals surface area (Å²) >= 11 is 0. The Morgan fingerprint density at radius 2 is 1.86 bits per heavy atom. The highest BCUT2D eigenvalue weighted by Crippen LogP contribution is 2.37. The average molecular weight is 488 g/mol. The molecule has 0 saturated carbocycles. The molecule has 0 spiro atoms. The second-order valence-corrected chi connectivity index (χ2v) is 10.1. The normalized spacial score (nSPS) is 15.9. The van der Waals surface area contributed by atoms with E-state index < -0.39 is 17.2 Å². The molecule has 1 amide bonds. The van der Waals surface area contributed by atoms with Crippen molar-refractivity contribution in [3.8, 4) is 11.4 Å². The lowest BCUT2D eigenvalue weighted by Gasteiger charge is -2.40. The lowest BCUT2D eigenvalue weighted by molar-refractivity contribution is 0.0172. The van der Waals surface area contributed by atoms with Gasteiger partial charge in [-0.05, 0) is 56.7 Å². The number of fused-ring (bicyclic) bond motifs is 1. The topological polar surface area (TPSA) is 65.8 Å². The second-order valence-electron chi connectivity index (χ2n) is 10.1. The van der Waals surface area contributed by atoms with E-state index in [0.29, 0.717) is 18.8 Å². The number of nitrogens with zero attached hydrogens (tertiary/aromatic N) is 3. The molecular weight excluding hydrogens is 456 g/mol. The molecule has 1 aliphatic heterocycles.